The van der Waals surface area contributed by atoms with Gasteiger partial charge in [0.25, 0.3) is 10.0 Å². The molecule has 0 aliphatic rings. The molecule has 0 spiro atoms. The number of sulfonamides is 1. The second-order valence-electron chi connectivity index (χ2n) is 6.66. The summed E-state index contributed by atoms with van der Waals surface area (Å²) in [6.07, 6.45) is -3.42. The number of hydrogen-bond acceptors (Lipinski definition) is 6. The Morgan fingerprint density at radius 3 is 2.47 bits per heavy atom. The predicted molar refractivity (Wildman–Crippen MR) is 114 cm³/mol. The van der Waals surface area contributed by atoms with Crippen LogP contribution in [0, 0.1) is 0 Å². The number of amides is 1. The van der Waals surface area contributed by atoms with Crippen molar-refractivity contribution in [1.29, 1.82) is 0 Å². The maximum absolute atomic E-state index is 13.1. The van der Waals surface area contributed by atoms with Gasteiger partial charge in [0.15, 0.2) is 0 Å². The van der Waals surface area contributed by atoms with E-state index in [1.807, 2.05) is 0 Å². The lowest BCUT2D eigenvalue weighted by atomic mass is 9.93. The van der Waals surface area contributed by atoms with Crippen LogP contribution in [-0.4, -0.2) is 23.7 Å². The molecule has 164 valence electrons. The van der Waals surface area contributed by atoms with Crippen LogP contribution in [0.25, 0.3) is 21.9 Å². The quantitative estimate of drug-likeness (QED) is 0.444. The van der Waals surface area contributed by atoms with Crippen LogP contribution in [-0.2, 0) is 16.2 Å². The highest BCUT2D eigenvalue weighted by atomic mass is 32.2. The fourth-order valence-corrected chi connectivity index (χ4v) is 4.91. The van der Waals surface area contributed by atoms with Crippen LogP contribution in [0.3, 0.4) is 0 Å². The normalized spacial score (nSPS) is 12.1. The van der Waals surface area contributed by atoms with Crippen molar-refractivity contribution in [2.75, 3.05) is 4.72 Å². The smallest absolute Gasteiger partial charge is 0.366 e. The number of aromatic nitrogens is 2. The Morgan fingerprint density at radius 2 is 1.81 bits per heavy atom. The topological polar surface area (TPSA) is 115 Å². The second kappa shape index (κ2) is 7.88. The minimum atomic E-state index is -4.63. The van der Waals surface area contributed by atoms with E-state index in [1.54, 1.807) is 18.2 Å². The molecular formula is C20H13F3N4O3S2. The largest absolute Gasteiger partial charge is 0.416 e. The Labute approximate surface area is 183 Å². The van der Waals surface area contributed by atoms with E-state index < -0.39 is 27.7 Å². The molecule has 0 saturated carbocycles. The van der Waals surface area contributed by atoms with Crippen molar-refractivity contribution in [3.63, 3.8) is 0 Å². The summed E-state index contributed by atoms with van der Waals surface area (Å²) in [4.78, 5) is 15.6. The molecule has 0 radical (unpaired) electrons. The summed E-state index contributed by atoms with van der Waals surface area (Å²) >= 11 is 0.880. The fraction of sp³-hybridized carbons (Fsp3) is 0.0500. The van der Waals surface area contributed by atoms with E-state index in [0.29, 0.717) is 22.4 Å². The second-order valence-corrected chi connectivity index (χ2v) is 9.13. The molecule has 1 amide bonds. The van der Waals surface area contributed by atoms with Gasteiger partial charge >= 0.3 is 6.18 Å². The standard InChI is InChI=1S/C20H13F3N4O3S2/c21-20(22,23)12-4-6-16(17(9-12)18(24)28)15-3-1-2-11-8-13(5-7-14(11)15)32(29,30)27-19-25-10-26-31-19/h1-10H,(H2,24,28)(H,25,26,27). The molecule has 1 aromatic heterocycles. The Balaban J connectivity index is 1.83. The maximum Gasteiger partial charge on any atom is 0.416 e. The van der Waals surface area contributed by atoms with Gasteiger partial charge in [-0.15, -0.1) is 0 Å². The highest BCUT2D eigenvalue weighted by molar-refractivity contribution is 7.93. The summed E-state index contributed by atoms with van der Waals surface area (Å²) in [5.41, 5.74) is 4.71. The van der Waals surface area contributed by atoms with Crippen molar-refractivity contribution in [3.05, 3.63) is 72.1 Å². The highest BCUT2D eigenvalue weighted by Crippen LogP contribution is 2.36. The molecule has 1 heterocycles. The molecule has 4 rings (SSSR count). The monoisotopic (exact) mass is 478 g/mol. The van der Waals surface area contributed by atoms with E-state index >= 15 is 0 Å². The summed E-state index contributed by atoms with van der Waals surface area (Å²) < 4.78 is 70.6. The molecule has 0 unspecified atom stereocenters. The SMILES string of the molecule is NC(=O)c1cc(C(F)(F)F)ccc1-c1cccc2cc(S(=O)(=O)Nc3ncns3)ccc12. The predicted octanol–water partition coefficient (Wildman–Crippen LogP) is 4.28. The van der Waals surface area contributed by atoms with Gasteiger partial charge in [-0.25, -0.2) is 13.4 Å². The summed E-state index contributed by atoms with van der Waals surface area (Å²) in [5, 5.41) is 1.14. The molecule has 0 aliphatic heterocycles. The van der Waals surface area contributed by atoms with E-state index in [9.17, 15) is 26.4 Å². The summed E-state index contributed by atoms with van der Waals surface area (Å²) in [5.74, 6) is -1.01. The minimum absolute atomic E-state index is 0.0418. The highest BCUT2D eigenvalue weighted by Gasteiger charge is 2.31. The molecule has 0 saturated heterocycles. The van der Waals surface area contributed by atoms with E-state index in [4.69, 9.17) is 5.73 Å². The number of anilines is 1. The number of nitrogens with two attached hydrogens (primary N) is 1. The van der Waals surface area contributed by atoms with Crippen molar-refractivity contribution < 1.29 is 26.4 Å². The lowest BCUT2D eigenvalue weighted by Gasteiger charge is -2.14. The third-order valence-electron chi connectivity index (χ3n) is 4.65. The average molecular weight is 478 g/mol. The van der Waals surface area contributed by atoms with Gasteiger partial charge < -0.3 is 5.73 Å². The molecule has 0 bridgehead atoms. The first-order valence-corrected chi connectivity index (χ1v) is 11.2. The summed E-state index contributed by atoms with van der Waals surface area (Å²) in [6.45, 7) is 0. The van der Waals surface area contributed by atoms with Gasteiger partial charge in [0.2, 0.25) is 11.0 Å². The number of primary amides is 1. The molecule has 7 nitrogen and oxygen atoms in total. The number of hydrogen-bond donors (Lipinski definition) is 2. The van der Waals surface area contributed by atoms with Crippen molar-refractivity contribution >= 4 is 43.4 Å². The van der Waals surface area contributed by atoms with Gasteiger partial charge in [-0.2, -0.15) is 17.5 Å². The Bertz CT molecular complexity index is 1440. The third kappa shape index (κ3) is 4.14. The first-order chi connectivity index (χ1) is 15.1. The third-order valence-corrected chi connectivity index (χ3v) is 6.69. The Morgan fingerprint density at radius 1 is 1.03 bits per heavy atom. The van der Waals surface area contributed by atoms with Crippen molar-refractivity contribution in [2.45, 2.75) is 11.1 Å². The van der Waals surface area contributed by atoms with Crippen molar-refractivity contribution in [3.8, 4) is 11.1 Å². The number of carbonyl (C=O) groups is 1. The molecule has 3 aromatic carbocycles. The number of halogens is 3. The Kier molecular flexibility index (Phi) is 5.34. The number of rotatable bonds is 5. The van der Waals surface area contributed by atoms with E-state index in [1.165, 1.54) is 30.6 Å². The molecule has 3 N–H and O–H groups in total. The minimum Gasteiger partial charge on any atom is -0.366 e. The van der Waals surface area contributed by atoms with E-state index in [2.05, 4.69) is 14.1 Å². The van der Waals surface area contributed by atoms with Gasteiger partial charge in [-0.05, 0) is 46.2 Å². The fourth-order valence-electron chi connectivity index (χ4n) is 3.22. The number of fused-ring (bicyclic) bond motifs is 1. The molecule has 12 heteroatoms. The summed E-state index contributed by atoms with van der Waals surface area (Å²) in [6, 6.07) is 11.9. The first kappa shape index (κ1) is 21.7. The van der Waals surface area contributed by atoms with Crippen LogP contribution in [0.2, 0.25) is 0 Å². The van der Waals surface area contributed by atoms with Crippen LogP contribution in [0.1, 0.15) is 15.9 Å². The first-order valence-electron chi connectivity index (χ1n) is 8.90. The molecular weight excluding hydrogens is 465 g/mol. The number of nitrogens with one attached hydrogen (secondary N) is 1. The molecule has 0 aliphatic carbocycles. The zero-order chi connectivity index (χ0) is 23.1. The lowest BCUT2D eigenvalue weighted by molar-refractivity contribution is -0.137. The zero-order valence-electron chi connectivity index (χ0n) is 15.9. The van der Waals surface area contributed by atoms with Gasteiger partial charge in [0.1, 0.15) is 6.33 Å². The van der Waals surface area contributed by atoms with Gasteiger partial charge in [0, 0.05) is 17.1 Å². The zero-order valence-corrected chi connectivity index (χ0v) is 17.6. The number of alkyl halides is 3. The van der Waals surface area contributed by atoms with Crippen LogP contribution in [0.5, 0.6) is 0 Å². The number of nitrogens with zero attached hydrogens (tertiary/aromatic N) is 2. The van der Waals surface area contributed by atoms with Gasteiger partial charge in [-0.3, -0.25) is 9.52 Å². The number of carbonyl (C=O) groups excluding carboxylic acids is 1. The van der Waals surface area contributed by atoms with E-state index in [0.717, 1.165) is 17.6 Å². The van der Waals surface area contributed by atoms with E-state index in [-0.39, 0.29) is 21.2 Å². The van der Waals surface area contributed by atoms with Crippen molar-refractivity contribution in [1.82, 2.24) is 9.36 Å². The van der Waals surface area contributed by atoms with Gasteiger partial charge in [-0.1, -0.05) is 30.3 Å². The van der Waals surface area contributed by atoms with Crippen molar-refractivity contribution in [2.24, 2.45) is 5.73 Å². The molecule has 4 aromatic rings. The van der Waals surface area contributed by atoms with Gasteiger partial charge in [0.05, 0.1) is 10.5 Å². The van der Waals surface area contributed by atoms with Crippen LogP contribution in [0.4, 0.5) is 18.3 Å². The molecule has 0 atom stereocenters. The number of benzene rings is 3. The Hall–Kier alpha value is -3.51. The maximum atomic E-state index is 13.1. The lowest BCUT2D eigenvalue weighted by Crippen LogP contribution is -2.15. The average Bonchev–Trinajstić information content (AvgIpc) is 3.24. The summed E-state index contributed by atoms with van der Waals surface area (Å²) in [7, 11) is -3.94. The van der Waals surface area contributed by atoms with Crippen LogP contribution in [0.15, 0.2) is 65.8 Å². The van der Waals surface area contributed by atoms with Crippen LogP contribution >= 0.6 is 11.5 Å². The van der Waals surface area contributed by atoms with Crippen LogP contribution < -0.4 is 10.5 Å². The molecule has 32 heavy (non-hydrogen) atoms. The molecule has 0 fully saturated rings.